The molecule has 0 aliphatic carbocycles. The Morgan fingerprint density at radius 2 is 2.00 bits per heavy atom. The van der Waals surface area contributed by atoms with Crippen molar-refractivity contribution in [1.29, 1.82) is 0 Å². The van der Waals surface area contributed by atoms with Crippen LogP contribution in [0.2, 0.25) is 0 Å². The van der Waals surface area contributed by atoms with E-state index in [4.69, 9.17) is 27.9 Å². The van der Waals surface area contributed by atoms with E-state index in [1.165, 1.54) is 0 Å². The van der Waals surface area contributed by atoms with Gasteiger partial charge in [0.15, 0.2) is 0 Å². The largest absolute Gasteiger partial charge is 0.463 e. The molecule has 0 bridgehead atoms. The van der Waals surface area contributed by atoms with Crippen molar-refractivity contribution >= 4 is 29.2 Å². The van der Waals surface area contributed by atoms with Crippen LogP contribution in [-0.4, -0.2) is 28.1 Å². The van der Waals surface area contributed by atoms with Crippen LogP contribution in [0.25, 0.3) is 0 Å². The summed E-state index contributed by atoms with van der Waals surface area (Å²) in [7, 11) is 0. The van der Waals surface area contributed by atoms with E-state index in [9.17, 15) is 9.90 Å². The molecule has 0 aromatic rings. The molecule has 1 N–H and O–H groups in total. The molecule has 82 valence electrons. The Labute approximate surface area is 93.3 Å². The lowest BCUT2D eigenvalue weighted by Gasteiger charge is -2.44. The van der Waals surface area contributed by atoms with Crippen molar-refractivity contribution in [3.63, 3.8) is 0 Å². The number of aliphatic hydroxyl groups excluding tert-OH is 1. The lowest BCUT2D eigenvalue weighted by atomic mass is 9.75. The van der Waals surface area contributed by atoms with Crippen molar-refractivity contribution in [2.24, 2.45) is 5.41 Å². The highest BCUT2D eigenvalue weighted by Gasteiger charge is 2.57. The third-order valence-electron chi connectivity index (χ3n) is 3.09. The molecule has 0 radical (unpaired) electrons. The van der Waals surface area contributed by atoms with Crippen LogP contribution < -0.4 is 0 Å². The average Bonchev–Trinajstić information content (AvgIpc) is 2.17. The van der Waals surface area contributed by atoms with Crippen molar-refractivity contribution in [2.75, 3.05) is 6.61 Å². The maximum Gasteiger partial charge on any atom is 0.345 e. The van der Waals surface area contributed by atoms with Crippen molar-refractivity contribution in [3.05, 3.63) is 0 Å². The SMILES string of the molecule is CCC1(CC)COC(=O)C(Cl)(Cl)C1O. The van der Waals surface area contributed by atoms with E-state index >= 15 is 0 Å². The lowest BCUT2D eigenvalue weighted by molar-refractivity contribution is -0.170. The first-order valence-corrected chi connectivity index (χ1v) is 5.39. The summed E-state index contributed by atoms with van der Waals surface area (Å²) in [5.74, 6) is -0.758. The fourth-order valence-electron chi connectivity index (χ4n) is 1.72. The number of halogens is 2. The molecule has 1 saturated heterocycles. The summed E-state index contributed by atoms with van der Waals surface area (Å²) in [6.07, 6.45) is 0.257. The Kier molecular flexibility index (Phi) is 3.34. The predicted molar refractivity (Wildman–Crippen MR) is 54.4 cm³/mol. The van der Waals surface area contributed by atoms with Crippen LogP contribution in [0, 0.1) is 5.41 Å². The van der Waals surface area contributed by atoms with Crippen molar-refractivity contribution < 1.29 is 14.6 Å². The zero-order valence-corrected chi connectivity index (χ0v) is 9.73. The van der Waals surface area contributed by atoms with Gasteiger partial charge < -0.3 is 9.84 Å². The molecule has 0 amide bonds. The highest BCUT2D eigenvalue weighted by molar-refractivity contribution is 6.58. The molecule has 1 heterocycles. The van der Waals surface area contributed by atoms with E-state index in [0.717, 1.165) is 0 Å². The summed E-state index contributed by atoms with van der Waals surface area (Å²) in [6, 6.07) is 0. The molecule has 14 heavy (non-hydrogen) atoms. The number of aliphatic hydroxyl groups is 1. The highest BCUT2D eigenvalue weighted by Crippen LogP contribution is 2.45. The van der Waals surface area contributed by atoms with Crippen molar-refractivity contribution in [3.8, 4) is 0 Å². The Bertz CT molecular complexity index is 236. The Morgan fingerprint density at radius 3 is 2.43 bits per heavy atom. The number of ether oxygens (including phenoxy) is 1. The first-order chi connectivity index (χ1) is 6.40. The molecule has 1 fully saturated rings. The minimum atomic E-state index is -1.83. The molecule has 5 heteroatoms. The predicted octanol–water partition coefficient (Wildman–Crippen LogP) is 1.88. The molecule has 0 saturated carbocycles. The van der Waals surface area contributed by atoms with Crippen LogP contribution in [0.4, 0.5) is 0 Å². The van der Waals surface area contributed by atoms with E-state index in [-0.39, 0.29) is 6.61 Å². The van der Waals surface area contributed by atoms with Gasteiger partial charge >= 0.3 is 5.97 Å². The second-order valence-corrected chi connectivity index (χ2v) is 5.06. The summed E-state index contributed by atoms with van der Waals surface area (Å²) in [5, 5.41) is 9.95. The number of rotatable bonds is 2. The topological polar surface area (TPSA) is 46.5 Å². The van der Waals surface area contributed by atoms with Gasteiger partial charge in [-0.25, -0.2) is 4.79 Å². The van der Waals surface area contributed by atoms with Gasteiger partial charge in [-0.15, -0.1) is 0 Å². The molecule has 3 nitrogen and oxygen atoms in total. The van der Waals surface area contributed by atoms with E-state index < -0.39 is 21.8 Å². The lowest BCUT2D eigenvalue weighted by Crippen LogP contribution is -2.57. The van der Waals surface area contributed by atoms with Gasteiger partial charge in [-0.2, -0.15) is 0 Å². The molecule has 0 aromatic carbocycles. The second kappa shape index (κ2) is 3.87. The van der Waals surface area contributed by atoms with Gasteiger partial charge in [0.1, 0.15) is 6.10 Å². The normalized spacial score (nSPS) is 29.8. The van der Waals surface area contributed by atoms with Crippen LogP contribution in [0.1, 0.15) is 26.7 Å². The van der Waals surface area contributed by atoms with Gasteiger partial charge in [0, 0.05) is 5.41 Å². The Hall–Kier alpha value is 0.01000. The summed E-state index contributed by atoms with van der Waals surface area (Å²) in [5.41, 5.74) is -0.516. The molecule has 1 aliphatic heterocycles. The highest BCUT2D eigenvalue weighted by atomic mass is 35.5. The quantitative estimate of drug-likeness (QED) is 0.593. The Balaban J connectivity index is 2.99. The van der Waals surface area contributed by atoms with Gasteiger partial charge in [-0.05, 0) is 12.8 Å². The van der Waals surface area contributed by atoms with E-state index in [1.54, 1.807) is 0 Å². The summed E-state index contributed by atoms with van der Waals surface area (Å²) in [4.78, 5) is 11.2. The van der Waals surface area contributed by atoms with Crippen LogP contribution in [0.3, 0.4) is 0 Å². The van der Waals surface area contributed by atoms with Crippen molar-refractivity contribution in [1.82, 2.24) is 0 Å². The van der Waals surface area contributed by atoms with Gasteiger partial charge in [0.2, 0.25) is 4.33 Å². The second-order valence-electron chi connectivity index (χ2n) is 3.67. The number of hydrogen-bond acceptors (Lipinski definition) is 3. The van der Waals surface area contributed by atoms with E-state index in [1.807, 2.05) is 13.8 Å². The Morgan fingerprint density at radius 1 is 1.50 bits per heavy atom. The fraction of sp³-hybridized carbons (Fsp3) is 0.889. The first-order valence-electron chi connectivity index (χ1n) is 4.64. The van der Waals surface area contributed by atoms with E-state index in [2.05, 4.69) is 0 Å². The molecule has 1 unspecified atom stereocenters. The zero-order chi connectivity index (χ0) is 11.0. The maximum absolute atomic E-state index is 11.2. The monoisotopic (exact) mass is 240 g/mol. The number of cyclic esters (lactones) is 1. The zero-order valence-electron chi connectivity index (χ0n) is 8.22. The number of carbonyl (C=O) groups excluding carboxylic acids is 1. The summed E-state index contributed by atoms with van der Waals surface area (Å²) in [6.45, 7) is 4.01. The molecular formula is C9H14Cl2O3. The van der Waals surface area contributed by atoms with Gasteiger partial charge in [-0.1, -0.05) is 37.0 Å². The summed E-state index contributed by atoms with van der Waals surface area (Å²) >= 11 is 11.5. The smallest absolute Gasteiger partial charge is 0.345 e. The number of hydrogen-bond donors (Lipinski definition) is 1. The molecule has 0 spiro atoms. The number of carbonyl (C=O) groups is 1. The van der Waals surface area contributed by atoms with Crippen LogP contribution in [0.5, 0.6) is 0 Å². The van der Waals surface area contributed by atoms with Crippen LogP contribution >= 0.6 is 23.2 Å². The fourth-order valence-corrected chi connectivity index (χ4v) is 2.29. The van der Waals surface area contributed by atoms with E-state index in [0.29, 0.717) is 12.8 Å². The molecule has 1 aliphatic rings. The standard InChI is InChI=1S/C9H14Cl2O3/c1-3-8(4-2)5-14-7(13)9(10,11)6(8)12/h6,12H,3-5H2,1-2H3. The maximum atomic E-state index is 11.2. The summed E-state index contributed by atoms with van der Waals surface area (Å²) < 4.78 is 3.07. The first kappa shape index (κ1) is 12.1. The third-order valence-corrected chi connectivity index (χ3v) is 3.82. The van der Waals surface area contributed by atoms with Crippen molar-refractivity contribution in [2.45, 2.75) is 37.1 Å². The van der Waals surface area contributed by atoms with Gasteiger partial charge in [0.25, 0.3) is 0 Å². The molecule has 0 aromatic heterocycles. The van der Waals surface area contributed by atoms with Crippen LogP contribution in [0.15, 0.2) is 0 Å². The van der Waals surface area contributed by atoms with Crippen LogP contribution in [-0.2, 0) is 9.53 Å². The molecule has 1 atom stereocenters. The molecular weight excluding hydrogens is 227 g/mol. The number of alkyl halides is 2. The minimum absolute atomic E-state index is 0.182. The van der Waals surface area contributed by atoms with Gasteiger partial charge in [0.05, 0.1) is 6.61 Å². The molecule has 1 rings (SSSR count). The van der Waals surface area contributed by atoms with Gasteiger partial charge in [-0.3, -0.25) is 0 Å². The third kappa shape index (κ3) is 1.62. The number of esters is 1. The minimum Gasteiger partial charge on any atom is -0.463 e. The average molecular weight is 241 g/mol.